The second-order valence-electron chi connectivity index (χ2n) is 6.98. The molecule has 0 saturated heterocycles. The fourth-order valence-electron chi connectivity index (χ4n) is 3.22. The minimum atomic E-state index is -0.225. The molecule has 3 aromatic carbocycles. The number of ether oxygens (including phenoxy) is 1. The number of hydrogen-bond donors (Lipinski definition) is 2. The Morgan fingerprint density at radius 3 is 2.39 bits per heavy atom. The minimum Gasteiger partial charge on any atom is -0.497 e. The van der Waals surface area contributed by atoms with E-state index in [9.17, 15) is 4.79 Å². The molecule has 2 N–H and O–H groups in total. The lowest BCUT2D eigenvalue weighted by molar-refractivity contribution is -0.119. The highest BCUT2D eigenvalue weighted by atomic mass is 16.5. The van der Waals surface area contributed by atoms with Gasteiger partial charge < -0.3 is 4.74 Å². The van der Waals surface area contributed by atoms with Crippen LogP contribution in [-0.4, -0.2) is 29.7 Å². The first kappa shape index (κ1) is 20.2. The van der Waals surface area contributed by atoms with Gasteiger partial charge in [0.25, 0.3) is 0 Å². The Balaban J connectivity index is 1.79. The number of carbonyl (C=O) groups excluding carboxylic acids is 1. The van der Waals surface area contributed by atoms with Crippen LogP contribution in [-0.2, 0) is 11.3 Å². The lowest BCUT2D eigenvalue weighted by atomic mass is 10.0. The van der Waals surface area contributed by atoms with E-state index < -0.39 is 0 Å². The SMILES string of the molecule is COc1ccc(CN2N=C(c3ccccc3)c3ccccc3N=C2NNC(C)=O)cc1. The molecule has 1 aliphatic heterocycles. The molecule has 1 aliphatic rings. The van der Waals surface area contributed by atoms with Crippen molar-refractivity contribution < 1.29 is 9.53 Å². The molecule has 7 nitrogen and oxygen atoms in total. The summed E-state index contributed by atoms with van der Waals surface area (Å²) in [6.07, 6.45) is 0. The number of benzene rings is 3. The molecule has 0 fully saturated rings. The second kappa shape index (κ2) is 9.13. The topological polar surface area (TPSA) is 78.3 Å². The summed E-state index contributed by atoms with van der Waals surface area (Å²) in [4.78, 5) is 16.3. The van der Waals surface area contributed by atoms with E-state index in [0.717, 1.165) is 33.8 Å². The zero-order valence-corrected chi connectivity index (χ0v) is 17.4. The highest BCUT2D eigenvalue weighted by molar-refractivity contribution is 6.16. The molecule has 0 saturated carbocycles. The number of fused-ring (bicyclic) bond motifs is 1. The Hall–Kier alpha value is -4.13. The van der Waals surface area contributed by atoms with Crippen molar-refractivity contribution in [2.45, 2.75) is 13.5 Å². The molecule has 4 rings (SSSR count). The van der Waals surface area contributed by atoms with Crippen LogP contribution in [0.5, 0.6) is 5.75 Å². The number of hydrazone groups is 1. The molecule has 1 amide bonds. The van der Waals surface area contributed by atoms with Gasteiger partial charge in [-0.2, -0.15) is 5.10 Å². The molecule has 0 aliphatic carbocycles. The summed E-state index contributed by atoms with van der Waals surface area (Å²) < 4.78 is 5.26. The molecule has 0 aromatic heterocycles. The van der Waals surface area contributed by atoms with Gasteiger partial charge in [-0.25, -0.2) is 10.0 Å². The monoisotopic (exact) mass is 413 g/mol. The number of methoxy groups -OCH3 is 1. The molecule has 31 heavy (non-hydrogen) atoms. The zero-order valence-electron chi connectivity index (χ0n) is 17.4. The van der Waals surface area contributed by atoms with E-state index in [1.807, 2.05) is 78.9 Å². The van der Waals surface area contributed by atoms with Crippen LogP contribution >= 0.6 is 0 Å². The number of nitrogens with one attached hydrogen (secondary N) is 2. The Bertz CT molecular complexity index is 1120. The first-order valence-electron chi connectivity index (χ1n) is 9.89. The van der Waals surface area contributed by atoms with Crippen LogP contribution in [0.3, 0.4) is 0 Å². The molecule has 7 heteroatoms. The lowest BCUT2D eigenvalue weighted by Gasteiger charge is -2.22. The largest absolute Gasteiger partial charge is 0.497 e. The summed E-state index contributed by atoms with van der Waals surface area (Å²) in [6, 6.07) is 25.6. The van der Waals surface area contributed by atoms with Crippen LogP contribution in [0.25, 0.3) is 0 Å². The number of carbonyl (C=O) groups is 1. The molecule has 0 bridgehead atoms. The third kappa shape index (κ3) is 4.72. The average Bonchev–Trinajstić information content (AvgIpc) is 2.96. The molecule has 0 atom stereocenters. The molecule has 156 valence electrons. The minimum absolute atomic E-state index is 0.225. The van der Waals surface area contributed by atoms with Crippen molar-refractivity contribution >= 4 is 23.3 Å². The summed E-state index contributed by atoms with van der Waals surface area (Å²) in [7, 11) is 1.64. The molecule has 0 unspecified atom stereocenters. The van der Waals surface area contributed by atoms with Gasteiger partial charge in [-0.15, -0.1) is 0 Å². The van der Waals surface area contributed by atoms with Crippen molar-refractivity contribution in [1.82, 2.24) is 15.9 Å². The number of amides is 1. The summed E-state index contributed by atoms with van der Waals surface area (Å²) in [5.74, 6) is 0.979. The van der Waals surface area contributed by atoms with E-state index in [0.29, 0.717) is 12.5 Å². The van der Waals surface area contributed by atoms with Gasteiger partial charge in [0.05, 0.1) is 19.3 Å². The number of rotatable bonds is 4. The van der Waals surface area contributed by atoms with Gasteiger partial charge in [-0.3, -0.25) is 15.6 Å². The number of para-hydroxylation sites is 1. The Labute approximate surface area is 181 Å². The molecule has 0 spiro atoms. The van der Waals surface area contributed by atoms with E-state index in [-0.39, 0.29) is 5.91 Å². The molecule has 1 heterocycles. The van der Waals surface area contributed by atoms with Gasteiger partial charge in [-0.05, 0) is 23.8 Å². The predicted molar refractivity (Wildman–Crippen MR) is 121 cm³/mol. The maximum Gasteiger partial charge on any atom is 0.239 e. The highest BCUT2D eigenvalue weighted by Crippen LogP contribution is 2.27. The smallest absolute Gasteiger partial charge is 0.239 e. The Morgan fingerprint density at radius 1 is 0.968 bits per heavy atom. The van der Waals surface area contributed by atoms with Crippen LogP contribution in [0, 0.1) is 0 Å². The van der Waals surface area contributed by atoms with Gasteiger partial charge in [0.15, 0.2) is 0 Å². The van der Waals surface area contributed by atoms with Crippen molar-refractivity contribution in [1.29, 1.82) is 0 Å². The van der Waals surface area contributed by atoms with Crippen molar-refractivity contribution in [3.05, 3.63) is 95.6 Å². The maximum absolute atomic E-state index is 11.5. The van der Waals surface area contributed by atoms with E-state index in [1.54, 1.807) is 12.1 Å². The predicted octanol–water partition coefficient (Wildman–Crippen LogP) is 3.59. The number of guanidine groups is 1. The third-order valence-electron chi connectivity index (χ3n) is 4.74. The van der Waals surface area contributed by atoms with E-state index in [4.69, 9.17) is 14.8 Å². The summed E-state index contributed by atoms with van der Waals surface area (Å²) in [5.41, 5.74) is 9.98. The van der Waals surface area contributed by atoms with Crippen LogP contribution < -0.4 is 15.6 Å². The van der Waals surface area contributed by atoms with Gasteiger partial charge in [0, 0.05) is 18.1 Å². The van der Waals surface area contributed by atoms with Crippen molar-refractivity contribution in [3.63, 3.8) is 0 Å². The highest BCUT2D eigenvalue weighted by Gasteiger charge is 2.21. The van der Waals surface area contributed by atoms with Crippen LogP contribution in [0.2, 0.25) is 0 Å². The lowest BCUT2D eigenvalue weighted by Crippen LogP contribution is -2.47. The summed E-state index contributed by atoms with van der Waals surface area (Å²) >= 11 is 0. The van der Waals surface area contributed by atoms with Crippen molar-refractivity contribution in [3.8, 4) is 5.75 Å². The second-order valence-corrected chi connectivity index (χ2v) is 6.98. The number of nitrogens with zero attached hydrogens (tertiary/aromatic N) is 3. The first-order valence-corrected chi connectivity index (χ1v) is 9.89. The first-order chi connectivity index (χ1) is 15.1. The number of aliphatic imine (C=N–C) groups is 1. The molecular formula is C24H23N5O2. The quantitative estimate of drug-likeness (QED) is 0.641. The Kier molecular flexibility index (Phi) is 5.93. The van der Waals surface area contributed by atoms with Gasteiger partial charge >= 0.3 is 0 Å². The van der Waals surface area contributed by atoms with Crippen molar-refractivity contribution in [2.24, 2.45) is 10.1 Å². The van der Waals surface area contributed by atoms with Gasteiger partial charge in [-0.1, -0.05) is 60.7 Å². The summed E-state index contributed by atoms with van der Waals surface area (Å²) in [5, 5.41) is 6.71. The fourth-order valence-corrected chi connectivity index (χ4v) is 3.22. The molecule has 3 aromatic rings. The number of hydrazine groups is 1. The van der Waals surface area contributed by atoms with Crippen LogP contribution in [0.15, 0.2) is 89.0 Å². The average molecular weight is 413 g/mol. The normalized spacial score (nSPS) is 12.8. The Morgan fingerprint density at radius 2 is 1.68 bits per heavy atom. The molecular weight excluding hydrogens is 390 g/mol. The fraction of sp³-hybridized carbons (Fsp3) is 0.125. The maximum atomic E-state index is 11.5. The molecule has 0 radical (unpaired) electrons. The van der Waals surface area contributed by atoms with Crippen molar-refractivity contribution in [2.75, 3.05) is 7.11 Å². The van der Waals surface area contributed by atoms with Crippen LogP contribution in [0.4, 0.5) is 5.69 Å². The zero-order chi connectivity index (χ0) is 21.6. The van der Waals surface area contributed by atoms with Gasteiger partial charge in [0.2, 0.25) is 11.9 Å². The van der Waals surface area contributed by atoms with Gasteiger partial charge in [0.1, 0.15) is 11.5 Å². The van der Waals surface area contributed by atoms with E-state index >= 15 is 0 Å². The van der Waals surface area contributed by atoms with Crippen LogP contribution in [0.1, 0.15) is 23.6 Å². The number of hydrogen-bond acceptors (Lipinski definition) is 6. The standard InChI is InChI=1S/C24H23N5O2/c1-17(30)26-27-24-25-22-11-7-6-10-21(22)23(19-8-4-3-5-9-19)28-29(24)16-18-12-14-20(31-2)15-13-18/h3-15H,16H2,1-2H3,(H,25,27)(H,26,30). The van der Waals surface area contributed by atoms with E-state index in [1.165, 1.54) is 6.92 Å². The van der Waals surface area contributed by atoms with E-state index in [2.05, 4.69) is 10.9 Å². The third-order valence-corrected chi connectivity index (χ3v) is 4.74. The summed E-state index contributed by atoms with van der Waals surface area (Å²) in [6.45, 7) is 1.88.